The third kappa shape index (κ3) is 3.92. The highest BCUT2D eigenvalue weighted by molar-refractivity contribution is 6.31. The van der Waals surface area contributed by atoms with Gasteiger partial charge < -0.3 is 14.8 Å². The van der Waals surface area contributed by atoms with Gasteiger partial charge in [0.2, 0.25) is 0 Å². The number of hydrogen-bond acceptors (Lipinski definition) is 3. The first kappa shape index (κ1) is 16.2. The summed E-state index contributed by atoms with van der Waals surface area (Å²) in [6.45, 7) is 3.57. The molecule has 2 rings (SSSR count). The molecule has 0 aliphatic rings. The van der Waals surface area contributed by atoms with E-state index >= 15 is 0 Å². The Labute approximate surface area is 135 Å². The zero-order chi connectivity index (χ0) is 16.1. The summed E-state index contributed by atoms with van der Waals surface area (Å²) in [6.07, 6.45) is -0.648. The minimum Gasteiger partial charge on any atom is -0.495 e. The van der Waals surface area contributed by atoms with Gasteiger partial charge in [0.25, 0.3) is 5.91 Å². The number of methoxy groups -OCH3 is 1. The lowest BCUT2D eigenvalue weighted by atomic mass is 10.2. The Balaban J connectivity index is 2.04. The van der Waals surface area contributed by atoms with Crippen LogP contribution in [0.3, 0.4) is 0 Å². The maximum atomic E-state index is 12.2. The molecular weight excluding hydrogens is 302 g/mol. The highest BCUT2D eigenvalue weighted by atomic mass is 35.5. The van der Waals surface area contributed by atoms with E-state index in [9.17, 15) is 4.79 Å². The third-order valence-electron chi connectivity index (χ3n) is 3.18. The SMILES string of the molecule is COc1ccccc1NC(=O)C(C)Oc1ccc(Cl)c(C)c1. The van der Waals surface area contributed by atoms with Gasteiger partial charge in [0.15, 0.2) is 6.10 Å². The van der Waals surface area contributed by atoms with Crippen LogP contribution in [0.4, 0.5) is 5.69 Å². The summed E-state index contributed by atoms with van der Waals surface area (Å²) in [5.41, 5.74) is 1.51. The van der Waals surface area contributed by atoms with E-state index in [4.69, 9.17) is 21.1 Å². The van der Waals surface area contributed by atoms with Crippen LogP contribution >= 0.6 is 11.6 Å². The molecule has 2 aromatic carbocycles. The maximum Gasteiger partial charge on any atom is 0.265 e. The molecule has 2 aromatic rings. The summed E-state index contributed by atoms with van der Waals surface area (Å²) in [4.78, 5) is 12.2. The van der Waals surface area contributed by atoms with Crippen LogP contribution in [0.5, 0.6) is 11.5 Å². The third-order valence-corrected chi connectivity index (χ3v) is 3.60. The lowest BCUT2D eigenvalue weighted by Gasteiger charge is -2.16. The summed E-state index contributed by atoms with van der Waals surface area (Å²) < 4.78 is 10.8. The van der Waals surface area contributed by atoms with Crippen molar-refractivity contribution in [2.75, 3.05) is 12.4 Å². The van der Waals surface area contributed by atoms with Crippen LogP contribution in [-0.2, 0) is 4.79 Å². The van der Waals surface area contributed by atoms with Gasteiger partial charge in [-0.25, -0.2) is 0 Å². The average Bonchev–Trinajstić information content (AvgIpc) is 2.51. The highest BCUT2D eigenvalue weighted by Crippen LogP contribution is 2.24. The summed E-state index contributed by atoms with van der Waals surface area (Å²) >= 11 is 5.97. The van der Waals surface area contributed by atoms with E-state index in [0.717, 1.165) is 5.56 Å². The lowest BCUT2D eigenvalue weighted by molar-refractivity contribution is -0.122. The van der Waals surface area contributed by atoms with E-state index < -0.39 is 6.10 Å². The fourth-order valence-corrected chi connectivity index (χ4v) is 2.05. The van der Waals surface area contributed by atoms with Crippen molar-refractivity contribution in [2.45, 2.75) is 20.0 Å². The van der Waals surface area contributed by atoms with E-state index in [1.165, 1.54) is 0 Å². The topological polar surface area (TPSA) is 47.6 Å². The number of hydrogen-bond donors (Lipinski definition) is 1. The number of carbonyl (C=O) groups is 1. The van der Waals surface area contributed by atoms with E-state index in [-0.39, 0.29) is 5.91 Å². The van der Waals surface area contributed by atoms with E-state index in [1.807, 2.05) is 19.1 Å². The molecule has 0 saturated carbocycles. The number of anilines is 1. The Kier molecular flexibility index (Phi) is 5.28. The fraction of sp³-hybridized carbons (Fsp3) is 0.235. The maximum absolute atomic E-state index is 12.2. The van der Waals surface area contributed by atoms with Gasteiger partial charge in [0, 0.05) is 5.02 Å². The van der Waals surface area contributed by atoms with Crippen molar-refractivity contribution in [1.29, 1.82) is 0 Å². The van der Waals surface area contributed by atoms with Gasteiger partial charge in [-0.1, -0.05) is 23.7 Å². The molecule has 0 bridgehead atoms. The predicted molar refractivity (Wildman–Crippen MR) is 87.9 cm³/mol. The Morgan fingerprint density at radius 1 is 1.23 bits per heavy atom. The van der Waals surface area contributed by atoms with E-state index in [1.54, 1.807) is 44.4 Å². The minimum absolute atomic E-state index is 0.253. The summed E-state index contributed by atoms with van der Waals surface area (Å²) in [6, 6.07) is 12.5. The molecular formula is C17H18ClNO3. The van der Waals surface area contributed by atoms with Crippen LogP contribution in [-0.4, -0.2) is 19.1 Å². The number of amides is 1. The van der Waals surface area contributed by atoms with Crippen molar-refractivity contribution in [1.82, 2.24) is 0 Å². The van der Waals surface area contributed by atoms with Gasteiger partial charge in [-0.3, -0.25) is 4.79 Å². The molecule has 0 heterocycles. The second kappa shape index (κ2) is 7.18. The van der Waals surface area contributed by atoms with Crippen molar-refractivity contribution >= 4 is 23.2 Å². The zero-order valence-corrected chi connectivity index (χ0v) is 13.5. The number of carbonyl (C=O) groups excluding carboxylic acids is 1. The molecule has 0 aliphatic heterocycles. The van der Waals surface area contributed by atoms with Crippen LogP contribution in [0.1, 0.15) is 12.5 Å². The van der Waals surface area contributed by atoms with Crippen LogP contribution in [0, 0.1) is 6.92 Å². The predicted octanol–water partition coefficient (Wildman–Crippen LogP) is 4.06. The van der Waals surface area contributed by atoms with Gasteiger partial charge in [-0.05, 0) is 49.7 Å². The zero-order valence-electron chi connectivity index (χ0n) is 12.7. The van der Waals surface area contributed by atoms with Crippen LogP contribution in [0.15, 0.2) is 42.5 Å². The highest BCUT2D eigenvalue weighted by Gasteiger charge is 2.16. The number of para-hydroxylation sites is 2. The van der Waals surface area contributed by atoms with Gasteiger partial charge in [0.05, 0.1) is 12.8 Å². The van der Waals surface area contributed by atoms with Crippen molar-refractivity contribution in [3.63, 3.8) is 0 Å². The molecule has 0 saturated heterocycles. The molecule has 1 atom stereocenters. The first-order valence-corrected chi connectivity index (χ1v) is 7.25. The van der Waals surface area contributed by atoms with Crippen LogP contribution in [0.2, 0.25) is 5.02 Å². The Morgan fingerprint density at radius 3 is 2.64 bits per heavy atom. The molecule has 0 spiro atoms. The molecule has 0 radical (unpaired) electrons. The number of halogens is 1. The second-order valence-corrected chi connectivity index (χ2v) is 5.27. The molecule has 5 heteroatoms. The first-order valence-electron chi connectivity index (χ1n) is 6.88. The van der Waals surface area contributed by atoms with Crippen molar-refractivity contribution in [3.8, 4) is 11.5 Å². The van der Waals surface area contributed by atoms with Gasteiger partial charge in [0.1, 0.15) is 11.5 Å². The smallest absolute Gasteiger partial charge is 0.265 e. The Morgan fingerprint density at radius 2 is 1.95 bits per heavy atom. The quantitative estimate of drug-likeness (QED) is 0.904. The van der Waals surface area contributed by atoms with Crippen LogP contribution < -0.4 is 14.8 Å². The van der Waals surface area contributed by atoms with E-state index in [2.05, 4.69) is 5.32 Å². The molecule has 0 fully saturated rings. The normalized spacial score (nSPS) is 11.6. The Bertz CT molecular complexity index is 673. The van der Waals surface area contributed by atoms with Crippen molar-refractivity contribution in [3.05, 3.63) is 53.1 Å². The molecule has 0 aliphatic carbocycles. The lowest BCUT2D eigenvalue weighted by Crippen LogP contribution is -2.30. The fourth-order valence-electron chi connectivity index (χ4n) is 1.93. The number of benzene rings is 2. The standard InChI is InChI=1S/C17H18ClNO3/c1-11-10-13(8-9-14(11)18)22-12(2)17(20)19-15-6-4-5-7-16(15)21-3/h4-10,12H,1-3H3,(H,19,20). The Hall–Kier alpha value is -2.20. The first-order chi connectivity index (χ1) is 10.5. The number of rotatable bonds is 5. The molecule has 22 heavy (non-hydrogen) atoms. The molecule has 1 N–H and O–H groups in total. The molecule has 1 amide bonds. The molecule has 116 valence electrons. The number of ether oxygens (including phenoxy) is 2. The molecule has 0 aromatic heterocycles. The molecule has 1 unspecified atom stereocenters. The van der Waals surface area contributed by atoms with Crippen LogP contribution in [0.25, 0.3) is 0 Å². The molecule has 4 nitrogen and oxygen atoms in total. The number of nitrogens with one attached hydrogen (secondary N) is 1. The minimum atomic E-state index is -0.648. The average molecular weight is 320 g/mol. The summed E-state index contributed by atoms with van der Waals surface area (Å²) in [5.74, 6) is 0.951. The van der Waals surface area contributed by atoms with Gasteiger partial charge >= 0.3 is 0 Å². The second-order valence-electron chi connectivity index (χ2n) is 4.86. The van der Waals surface area contributed by atoms with Crippen molar-refractivity contribution < 1.29 is 14.3 Å². The monoisotopic (exact) mass is 319 g/mol. The largest absolute Gasteiger partial charge is 0.495 e. The number of aryl methyl sites for hydroxylation is 1. The van der Waals surface area contributed by atoms with E-state index in [0.29, 0.717) is 22.2 Å². The summed E-state index contributed by atoms with van der Waals surface area (Å²) in [7, 11) is 1.56. The van der Waals surface area contributed by atoms with Crippen molar-refractivity contribution in [2.24, 2.45) is 0 Å². The van der Waals surface area contributed by atoms with Gasteiger partial charge in [-0.15, -0.1) is 0 Å². The van der Waals surface area contributed by atoms with Gasteiger partial charge in [-0.2, -0.15) is 0 Å². The summed E-state index contributed by atoms with van der Waals surface area (Å²) in [5, 5.41) is 3.46.